The first-order chi connectivity index (χ1) is 8.91. The van der Waals surface area contributed by atoms with E-state index in [0.29, 0.717) is 16.5 Å². The first-order valence-corrected chi connectivity index (χ1v) is 6.23. The van der Waals surface area contributed by atoms with E-state index < -0.39 is 11.9 Å². The second kappa shape index (κ2) is 4.85. The maximum atomic E-state index is 12.2. The van der Waals surface area contributed by atoms with Crippen LogP contribution in [-0.2, 0) is 0 Å². The lowest BCUT2D eigenvalue weighted by Gasteiger charge is -2.14. The summed E-state index contributed by atoms with van der Waals surface area (Å²) in [4.78, 5) is 24.6. The van der Waals surface area contributed by atoms with Crippen molar-refractivity contribution in [2.45, 2.75) is 13.8 Å². The van der Waals surface area contributed by atoms with Gasteiger partial charge in [0.25, 0.3) is 5.91 Å². The molecule has 0 aromatic carbocycles. The molecule has 2 aromatic heterocycles. The Balaban J connectivity index is 2.37. The summed E-state index contributed by atoms with van der Waals surface area (Å²) in [6.07, 6.45) is 0. The van der Waals surface area contributed by atoms with Gasteiger partial charge < -0.3 is 9.52 Å². The highest BCUT2D eigenvalue weighted by atomic mass is 32.1. The number of carbonyl (C=O) groups excluding carboxylic acids is 1. The van der Waals surface area contributed by atoms with Crippen molar-refractivity contribution in [2.24, 2.45) is 0 Å². The van der Waals surface area contributed by atoms with Crippen molar-refractivity contribution in [3.63, 3.8) is 0 Å². The Morgan fingerprint density at radius 3 is 2.58 bits per heavy atom. The van der Waals surface area contributed by atoms with E-state index in [9.17, 15) is 9.59 Å². The van der Waals surface area contributed by atoms with Gasteiger partial charge in [0.1, 0.15) is 16.3 Å². The quantitative estimate of drug-likeness (QED) is 0.932. The fraction of sp³-hybridized carbons (Fsp3) is 0.250. The number of carbonyl (C=O) groups is 2. The maximum Gasteiger partial charge on any atom is 0.340 e. The summed E-state index contributed by atoms with van der Waals surface area (Å²) in [5.74, 6) is -0.714. The summed E-state index contributed by atoms with van der Waals surface area (Å²) < 4.78 is 9.22. The standard InChI is InChI=1S/C12H12N2O4S/c1-6-4-5-8(18-6)10(15)14(3)11-9(12(16)17)7(2)13-19-11/h4-5H,1-3H3,(H,16,17). The SMILES string of the molecule is Cc1ccc(C(=O)N(C)c2snc(C)c2C(=O)O)o1. The molecule has 0 unspecified atom stereocenters. The normalized spacial score (nSPS) is 10.5. The molecule has 1 N–H and O–H groups in total. The monoisotopic (exact) mass is 280 g/mol. The molecule has 0 bridgehead atoms. The minimum Gasteiger partial charge on any atom is -0.478 e. The third kappa shape index (κ3) is 2.37. The number of anilines is 1. The molecule has 0 spiro atoms. The number of amides is 1. The zero-order valence-corrected chi connectivity index (χ0v) is 11.4. The van der Waals surface area contributed by atoms with Crippen molar-refractivity contribution in [3.8, 4) is 0 Å². The van der Waals surface area contributed by atoms with E-state index in [1.54, 1.807) is 26.0 Å². The van der Waals surface area contributed by atoms with Crippen LogP contribution in [0.1, 0.15) is 32.4 Å². The summed E-state index contributed by atoms with van der Waals surface area (Å²) in [5.41, 5.74) is 0.437. The topological polar surface area (TPSA) is 83.6 Å². The molecule has 2 rings (SSSR count). The van der Waals surface area contributed by atoms with Crippen molar-refractivity contribution in [1.29, 1.82) is 0 Å². The molecule has 0 saturated carbocycles. The summed E-state index contributed by atoms with van der Waals surface area (Å²) in [6.45, 7) is 3.33. The predicted octanol–water partition coefficient (Wildman–Crippen LogP) is 2.33. The molecule has 1 amide bonds. The first kappa shape index (κ1) is 13.3. The van der Waals surface area contributed by atoms with Gasteiger partial charge in [0.05, 0.1) is 5.69 Å². The van der Waals surface area contributed by atoms with E-state index in [1.807, 2.05) is 0 Å². The van der Waals surface area contributed by atoms with E-state index in [4.69, 9.17) is 9.52 Å². The molecular weight excluding hydrogens is 268 g/mol. The van der Waals surface area contributed by atoms with Crippen LogP contribution in [0.3, 0.4) is 0 Å². The molecular formula is C12H12N2O4S. The van der Waals surface area contributed by atoms with Gasteiger partial charge in [0.15, 0.2) is 5.76 Å². The van der Waals surface area contributed by atoms with Gasteiger partial charge >= 0.3 is 5.97 Å². The zero-order valence-electron chi connectivity index (χ0n) is 10.6. The highest BCUT2D eigenvalue weighted by Crippen LogP contribution is 2.29. The molecule has 0 fully saturated rings. The molecule has 2 heterocycles. The minimum atomic E-state index is -1.10. The van der Waals surface area contributed by atoms with Gasteiger partial charge in [-0.3, -0.25) is 9.69 Å². The molecule has 7 heteroatoms. The highest BCUT2D eigenvalue weighted by molar-refractivity contribution is 7.11. The Morgan fingerprint density at radius 1 is 1.37 bits per heavy atom. The first-order valence-electron chi connectivity index (χ1n) is 5.46. The zero-order chi connectivity index (χ0) is 14.2. The minimum absolute atomic E-state index is 0.0455. The molecule has 0 aliphatic rings. The highest BCUT2D eigenvalue weighted by Gasteiger charge is 2.25. The number of aromatic carboxylic acids is 1. The Kier molecular flexibility index (Phi) is 3.39. The average molecular weight is 280 g/mol. The molecule has 0 aliphatic carbocycles. The summed E-state index contributed by atoms with van der Waals surface area (Å²) in [5, 5.41) is 9.44. The van der Waals surface area contributed by atoms with Crippen LogP contribution in [-0.4, -0.2) is 28.4 Å². The third-order valence-electron chi connectivity index (χ3n) is 2.62. The lowest BCUT2D eigenvalue weighted by molar-refractivity contribution is 0.0697. The summed E-state index contributed by atoms with van der Waals surface area (Å²) in [7, 11) is 1.50. The van der Waals surface area contributed by atoms with E-state index in [1.165, 1.54) is 11.9 Å². The maximum absolute atomic E-state index is 12.2. The number of carboxylic acid groups (broad SMARTS) is 1. The van der Waals surface area contributed by atoms with E-state index in [0.717, 1.165) is 11.5 Å². The number of aromatic nitrogens is 1. The fourth-order valence-corrected chi connectivity index (χ4v) is 2.49. The number of furan rings is 1. The second-order valence-electron chi connectivity index (χ2n) is 4.03. The fourth-order valence-electron chi connectivity index (χ4n) is 1.64. The third-order valence-corrected chi connectivity index (χ3v) is 3.64. The van der Waals surface area contributed by atoms with Crippen molar-refractivity contribution in [3.05, 3.63) is 34.9 Å². The summed E-state index contributed by atoms with van der Waals surface area (Å²) >= 11 is 0.975. The van der Waals surface area contributed by atoms with Crippen LogP contribution in [0.5, 0.6) is 0 Å². The van der Waals surface area contributed by atoms with Crippen LogP contribution in [0.25, 0.3) is 0 Å². The van der Waals surface area contributed by atoms with E-state index in [2.05, 4.69) is 4.37 Å². The van der Waals surface area contributed by atoms with E-state index in [-0.39, 0.29) is 11.3 Å². The van der Waals surface area contributed by atoms with Gasteiger partial charge in [-0.15, -0.1) is 0 Å². The molecule has 6 nitrogen and oxygen atoms in total. The molecule has 100 valence electrons. The van der Waals surface area contributed by atoms with Crippen molar-refractivity contribution < 1.29 is 19.1 Å². The molecule has 19 heavy (non-hydrogen) atoms. The van der Waals surface area contributed by atoms with Gasteiger partial charge in [-0.05, 0) is 37.5 Å². The Morgan fingerprint density at radius 2 is 2.05 bits per heavy atom. The van der Waals surface area contributed by atoms with Crippen LogP contribution in [0.15, 0.2) is 16.5 Å². The van der Waals surface area contributed by atoms with Gasteiger partial charge in [-0.25, -0.2) is 4.79 Å². The predicted molar refractivity (Wildman–Crippen MR) is 70.0 cm³/mol. The molecule has 0 saturated heterocycles. The smallest absolute Gasteiger partial charge is 0.340 e. The number of aryl methyl sites for hydroxylation is 2. The largest absolute Gasteiger partial charge is 0.478 e. The van der Waals surface area contributed by atoms with Gasteiger partial charge in [-0.1, -0.05) is 0 Å². The Labute approximate surface area is 113 Å². The number of carboxylic acids is 1. The molecule has 0 atom stereocenters. The second-order valence-corrected chi connectivity index (χ2v) is 4.78. The number of nitrogens with zero attached hydrogens (tertiary/aromatic N) is 2. The molecule has 0 radical (unpaired) electrons. The molecule has 0 aliphatic heterocycles. The van der Waals surface area contributed by atoms with Gasteiger partial charge in [-0.2, -0.15) is 4.37 Å². The van der Waals surface area contributed by atoms with E-state index >= 15 is 0 Å². The van der Waals surface area contributed by atoms with Crippen LogP contribution in [0.2, 0.25) is 0 Å². The van der Waals surface area contributed by atoms with Crippen LogP contribution in [0, 0.1) is 13.8 Å². The summed E-state index contributed by atoms with van der Waals surface area (Å²) in [6, 6.07) is 3.24. The molecule has 2 aromatic rings. The Hall–Kier alpha value is -2.15. The lowest BCUT2D eigenvalue weighted by Crippen LogP contribution is -2.26. The van der Waals surface area contributed by atoms with Gasteiger partial charge in [0.2, 0.25) is 0 Å². The average Bonchev–Trinajstić information content (AvgIpc) is 2.93. The van der Waals surface area contributed by atoms with Crippen LogP contribution in [0.4, 0.5) is 5.00 Å². The van der Waals surface area contributed by atoms with Crippen molar-refractivity contribution in [2.75, 3.05) is 11.9 Å². The number of hydrogen-bond donors (Lipinski definition) is 1. The van der Waals surface area contributed by atoms with Crippen molar-refractivity contribution in [1.82, 2.24) is 4.37 Å². The lowest BCUT2D eigenvalue weighted by atomic mass is 10.2. The number of hydrogen-bond acceptors (Lipinski definition) is 5. The Bertz CT molecular complexity index is 644. The van der Waals surface area contributed by atoms with Crippen molar-refractivity contribution >= 4 is 28.4 Å². The van der Waals surface area contributed by atoms with Gasteiger partial charge in [0, 0.05) is 7.05 Å². The number of rotatable bonds is 3. The van der Waals surface area contributed by atoms with Crippen LogP contribution < -0.4 is 4.90 Å². The van der Waals surface area contributed by atoms with Crippen LogP contribution >= 0.6 is 11.5 Å².